The molecular formula is C37H26F2N2O7. The lowest BCUT2D eigenvalue weighted by atomic mass is 9.96. The number of amides is 2. The first-order valence-electron chi connectivity index (χ1n) is 15.1. The summed E-state index contributed by atoms with van der Waals surface area (Å²) >= 11 is 0. The van der Waals surface area contributed by atoms with Crippen molar-refractivity contribution < 1.29 is 42.3 Å². The molecule has 6 rings (SSSR count). The Hall–Kier alpha value is -5.97. The lowest BCUT2D eigenvalue weighted by Crippen LogP contribution is -2.37. The first-order valence-corrected chi connectivity index (χ1v) is 15.1. The Morgan fingerprint density at radius 2 is 0.854 bits per heavy atom. The summed E-state index contributed by atoms with van der Waals surface area (Å²) in [6, 6.07) is 19.1. The molecule has 0 saturated carbocycles. The maximum atomic E-state index is 13.4. The van der Waals surface area contributed by atoms with E-state index in [2.05, 4.69) is 10.6 Å². The van der Waals surface area contributed by atoms with E-state index >= 15 is 0 Å². The molecule has 4 aromatic carbocycles. The first kappa shape index (κ1) is 32.0. The third-order valence-electron chi connectivity index (χ3n) is 8.45. The Balaban J connectivity index is 1.11. The molecule has 240 valence electrons. The number of halogens is 2. The molecule has 4 aromatic rings. The van der Waals surface area contributed by atoms with Crippen LogP contribution in [0.5, 0.6) is 0 Å². The molecule has 11 heteroatoms. The van der Waals surface area contributed by atoms with E-state index in [0.29, 0.717) is 12.8 Å². The lowest BCUT2D eigenvalue weighted by molar-refractivity contribution is -0.123. The summed E-state index contributed by atoms with van der Waals surface area (Å²) in [6.07, 6.45) is 0.703. The fraction of sp³-hybridized carbons (Fsp3) is 0.162. The van der Waals surface area contributed by atoms with Crippen molar-refractivity contribution in [2.24, 2.45) is 11.8 Å². The number of ketones is 5. The molecule has 2 aliphatic rings. The monoisotopic (exact) mass is 648 g/mol. The second kappa shape index (κ2) is 13.0. The van der Waals surface area contributed by atoms with Crippen LogP contribution in [0.25, 0.3) is 0 Å². The van der Waals surface area contributed by atoms with Crippen molar-refractivity contribution in [2.45, 2.75) is 12.8 Å². The molecule has 2 atom stereocenters. The van der Waals surface area contributed by atoms with Gasteiger partial charge in [-0.1, -0.05) is 36.4 Å². The molecule has 0 radical (unpaired) electrons. The van der Waals surface area contributed by atoms with Gasteiger partial charge in [0.05, 0.1) is 0 Å². The number of benzene rings is 4. The topological polar surface area (TPSA) is 144 Å². The molecule has 0 saturated heterocycles. The van der Waals surface area contributed by atoms with E-state index in [1.54, 1.807) is 24.3 Å². The highest BCUT2D eigenvalue weighted by Crippen LogP contribution is 2.31. The van der Waals surface area contributed by atoms with Gasteiger partial charge < -0.3 is 10.6 Å². The smallest absolute Gasteiger partial charge is 0.238 e. The summed E-state index contributed by atoms with van der Waals surface area (Å²) in [7, 11) is 0. The molecule has 2 amide bonds. The fourth-order valence-electron chi connectivity index (χ4n) is 5.88. The van der Waals surface area contributed by atoms with Gasteiger partial charge in [-0.15, -0.1) is 0 Å². The van der Waals surface area contributed by atoms with E-state index in [-0.39, 0.29) is 46.5 Å². The molecule has 48 heavy (non-hydrogen) atoms. The average Bonchev–Trinajstić information content (AvgIpc) is 3.49. The highest BCUT2D eigenvalue weighted by Gasteiger charge is 2.45. The third-order valence-corrected chi connectivity index (χ3v) is 8.45. The predicted octanol–water partition coefficient (Wildman–Crippen LogP) is 3.90. The van der Waals surface area contributed by atoms with E-state index in [0.717, 1.165) is 11.1 Å². The lowest BCUT2D eigenvalue weighted by Gasteiger charge is -2.09. The quantitative estimate of drug-likeness (QED) is 0.196. The number of fused-ring (bicyclic) bond motifs is 2. The predicted molar refractivity (Wildman–Crippen MR) is 167 cm³/mol. The Bertz CT molecular complexity index is 1890. The third kappa shape index (κ3) is 6.09. The molecule has 2 N–H and O–H groups in total. The second-order valence-corrected chi connectivity index (χ2v) is 11.5. The van der Waals surface area contributed by atoms with Gasteiger partial charge in [0, 0.05) is 46.5 Å². The van der Waals surface area contributed by atoms with Gasteiger partial charge in [-0.05, 0) is 72.5 Å². The highest BCUT2D eigenvalue weighted by molar-refractivity contribution is 6.36. The molecule has 2 aliphatic carbocycles. The van der Waals surface area contributed by atoms with Crippen molar-refractivity contribution in [3.63, 3.8) is 0 Å². The standard InChI is InChI=1S/C37H26F2N2O7/c38-23-7-1-19(2-8-23)13-15-40-36(47)29-32(43)25-11-5-21(17-27(25)34(29)45)31(42)22-6-12-26-28(18-22)35(46)30(33(26)44)37(48)41-16-14-20-3-9-24(39)10-4-20/h1-12,17-18,29-30H,13-16H2,(H,40,47)(H,41,48). The second-order valence-electron chi connectivity index (χ2n) is 11.5. The Morgan fingerprint density at radius 1 is 0.500 bits per heavy atom. The van der Waals surface area contributed by atoms with Crippen LogP contribution in [0.2, 0.25) is 0 Å². The molecule has 0 bridgehead atoms. The summed E-state index contributed by atoms with van der Waals surface area (Å²) in [5.74, 6) is -9.11. The van der Waals surface area contributed by atoms with Crippen molar-refractivity contribution in [3.05, 3.63) is 141 Å². The minimum Gasteiger partial charge on any atom is -0.355 e. The zero-order valence-electron chi connectivity index (χ0n) is 25.2. The zero-order valence-corrected chi connectivity index (χ0v) is 25.2. The molecule has 0 aromatic heterocycles. The highest BCUT2D eigenvalue weighted by atomic mass is 19.1. The van der Waals surface area contributed by atoms with Crippen LogP contribution in [0, 0.1) is 23.5 Å². The zero-order chi connectivity index (χ0) is 34.1. The van der Waals surface area contributed by atoms with Crippen LogP contribution in [0.3, 0.4) is 0 Å². The van der Waals surface area contributed by atoms with Crippen molar-refractivity contribution in [3.8, 4) is 0 Å². The van der Waals surface area contributed by atoms with Crippen LogP contribution in [0.4, 0.5) is 8.78 Å². The van der Waals surface area contributed by atoms with Crippen molar-refractivity contribution in [1.29, 1.82) is 0 Å². The summed E-state index contributed by atoms with van der Waals surface area (Å²) in [6.45, 7) is 0.222. The van der Waals surface area contributed by atoms with Crippen LogP contribution in [0.15, 0.2) is 84.9 Å². The number of carbonyl (C=O) groups is 7. The summed E-state index contributed by atoms with van der Waals surface area (Å²) in [5.41, 5.74) is 1.35. The van der Waals surface area contributed by atoms with E-state index in [9.17, 15) is 42.3 Å². The van der Waals surface area contributed by atoms with Crippen LogP contribution >= 0.6 is 0 Å². The van der Waals surface area contributed by atoms with Crippen LogP contribution < -0.4 is 10.6 Å². The number of Topliss-reactive ketones (excluding diaryl/α,β-unsaturated/α-hetero) is 4. The maximum Gasteiger partial charge on any atom is 0.238 e. The molecule has 9 nitrogen and oxygen atoms in total. The minimum absolute atomic E-state index is 0.00163. The van der Waals surface area contributed by atoms with Crippen molar-refractivity contribution in [1.82, 2.24) is 10.6 Å². The van der Waals surface area contributed by atoms with Crippen LogP contribution in [-0.2, 0) is 22.4 Å². The average molecular weight is 649 g/mol. The first-order chi connectivity index (χ1) is 23.0. The molecule has 0 heterocycles. The summed E-state index contributed by atoms with van der Waals surface area (Å²) < 4.78 is 26.3. The largest absolute Gasteiger partial charge is 0.355 e. The van der Waals surface area contributed by atoms with Gasteiger partial charge in [0.25, 0.3) is 0 Å². The molecule has 2 unspecified atom stereocenters. The van der Waals surface area contributed by atoms with Gasteiger partial charge in [0.1, 0.15) is 11.6 Å². The van der Waals surface area contributed by atoms with Gasteiger partial charge in [-0.2, -0.15) is 0 Å². The normalized spacial score (nSPS) is 16.5. The molecular weight excluding hydrogens is 622 g/mol. The van der Waals surface area contributed by atoms with Gasteiger partial charge >= 0.3 is 0 Å². The van der Waals surface area contributed by atoms with Gasteiger partial charge in [0.2, 0.25) is 11.8 Å². The molecule has 0 spiro atoms. The fourth-order valence-corrected chi connectivity index (χ4v) is 5.88. The maximum absolute atomic E-state index is 13.4. The Morgan fingerprint density at radius 3 is 1.23 bits per heavy atom. The Kier molecular flexibility index (Phi) is 8.68. The van der Waals surface area contributed by atoms with Gasteiger partial charge in [-0.25, -0.2) is 8.78 Å². The number of hydrogen-bond acceptors (Lipinski definition) is 7. The van der Waals surface area contributed by atoms with E-state index in [4.69, 9.17) is 0 Å². The number of hydrogen-bond donors (Lipinski definition) is 2. The SMILES string of the molecule is O=C(c1ccc2c(c1)C(=O)C(C(=O)NCCc1ccc(F)cc1)C2=O)c1ccc2c(c1)C(=O)C(C(=O)NCCc1ccc(F)cc1)C2=O. The molecule has 0 fully saturated rings. The van der Waals surface area contributed by atoms with E-state index < -0.39 is 64.2 Å². The minimum atomic E-state index is -1.61. The van der Waals surface area contributed by atoms with E-state index in [1.165, 1.54) is 60.7 Å². The van der Waals surface area contributed by atoms with Crippen molar-refractivity contribution in [2.75, 3.05) is 13.1 Å². The van der Waals surface area contributed by atoms with Gasteiger partial charge in [-0.3, -0.25) is 33.6 Å². The van der Waals surface area contributed by atoms with Gasteiger partial charge in [0.15, 0.2) is 40.8 Å². The van der Waals surface area contributed by atoms with E-state index in [1.807, 2.05) is 0 Å². The summed E-state index contributed by atoms with van der Waals surface area (Å²) in [5, 5.41) is 5.14. The van der Waals surface area contributed by atoms with Crippen molar-refractivity contribution >= 4 is 40.7 Å². The van der Waals surface area contributed by atoms with Crippen LogP contribution in [-0.4, -0.2) is 53.8 Å². The Labute approximate surface area is 272 Å². The molecule has 0 aliphatic heterocycles. The number of nitrogens with one attached hydrogen (secondary N) is 2. The number of carbonyl (C=O) groups excluding carboxylic acids is 7. The van der Waals surface area contributed by atoms with Crippen LogP contribution in [0.1, 0.15) is 68.5 Å². The number of rotatable bonds is 10. The summed E-state index contributed by atoms with van der Waals surface area (Å²) in [4.78, 5) is 91.4.